The maximum atomic E-state index is 12.1. The number of hydrogen-bond donors (Lipinski definition) is 0. The zero-order valence-corrected chi connectivity index (χ0v) is 11.0. The molecule has 0 unspecified atom stereocenters. The van der Waals surface area contributed by atoms with E-state index in [2.05, 4.69) is 4.74 Å². The Morgan fingerprint density at radius 2 is 1.79 bits per heavy atom. The molecule has 0 aliphatic heterocycles. The molecule has 0 aromatic heterocycles. The minimum atomic E-state index is -0.751. The van der Waals surface area contributed by atoms with E-state index in [1.807, 2.05) is 6.07 Å². The van der Waals surface area contributed by atoms with Crippen molar-refractivity contribution in [3.05, 3.63) is 41.5 Å². The number of likely N-dealkylation sites (N-methyl/N-ethyl adjacent to an activating group) is 1. The molecule has 0 spiro atoms. The third-order valence-electron chi connectivity index (χ3n) is 2.59. The summed E-state index contributed by atoms with van der Waals surface area (Å²) in [6, 6.07) is 8.85. The molecule has 0 fully saturated rings. The highest BCUT2D eigenvalue weighted by molar-refractivity contribution is 6.13. The quantitative estimate of drug-likeness (QED) is 0.358. The molecule has 0 atom stereocenters. The summed E-state index contributed by atoms with van der Waals surface area (Å²) in [5.74, 6) is -0.675. The van der Waals surface area contributed by atoms with Crippen LogP contribution in [0.2, 0.25) is 0 Å². The number of hydrogen-bond acceptors (Lipinski definition) is 4. The molecule has 0 saturated carbocycles. The van der Waals surface area contributed by atoms with E-state index in [-0.39, 0.29) is 5.57 Å². The van der Waals surface area contributed by atoms with Gasteiger partial charge in [-0.3, -0.25) is 4.79 Å². The Bertz CT molecular complexity index is 518. The highest BCUT2D eigenvalue weighted by atomic mass is 16.5. The molecule has 1 aromatic carbocycles. The second-order valence-corrected chi connectivity index (χ2v) is 4.30. The molecule has 0 N–H and O–H groups in total. The van der Waals surface area contributed by atoms with E-state index in [1.165, 1.54) is 27.3 Å². The molecule has 1 aromatic rings. The number of quaternary nitrogens is 1. The van der Waals surface area contributed by atoms with Gasteiger partial charge in [-0.1, -0.05) is 30.3 Å². The normalized spacial score (nSPS) is 11.8. The van der Waals surface area contributed by atoms with Gasteiger partial charge in [0, 0.05) is 0 Å². The fourth-order valence-electron chi connectivity index (χ4n) is 1.46. The van der Waals surface area contributed by atoms with Gasteiger partial charge in [-0.25, -0.2) is 4.79 Å². The Morgan fingerprint density at radius 1 is 1.21 bits per heavy atom. The third-order valence-corrected chi connectivity index (χ3v) is 2.59. The Labute approximate surface area is 111 Å². The Morgan fingerprint density at radius 3 is 2.26 bits per heavy atom. The summed E-state index contributed by atoms with van der Waals surface area (Å²) in [7, 11) is 3.88. The van der Waals surface area contributed by atoms with Crippen molar-refractivity contribution >= 4 is 24.4 Å². The van der Waals surface area contributed by atoms with E-state index >= 15 is 0 Å². The Kier molecular flexibility index (Phi) is 4.72. The lowest BCUT2D eigenvalue weighted by Gasteiger charge is -2.21. The lowest BCUT2D eigenvalue weighted by Crippen LogP contribution is -2.51. The molecule has 2 amide bonds. The fourth-order valence-corrected chi connectivity index (χ4v) is 1.46. The smallest absolute Gasteiger partial charge is 0.423 e. The van der Waals surface area contributed by atoms with Crippen molar-refractivity contribution < 1.29 is 23.6 Å². The number of methoxy groups -OCH3 is 1. The molecule has 1 rings (SSSR count). The molecule has 1 radical (unpaired) electrons. The molecular weight excluding hydrogens is 246 g/mol. The van der Waals surface area contributed by atoms with Crippen LogP contribution in [0.5, 0.6) is 0 Å². The van der Waals surface area contributed by atoms with Crippen LogP contribution in [0.3, 0.4) is 0 Å². The molecule has 0 bridgehead atoms. The summed E-state index contributed by atoms with van der Waals surface area (Å²) >= 11 is 0. The highest BCUT2D eigenvalue weighted by Crippen LogP contribution is 2.12. The molecule has 5 nitrogen and oxygen atoms in total. The number of carbonyl (C=O) groups is 2. The average molecular weight is 261 g/mol. The number of ether oxygens (including phenoxy) is 1. The van der Waals surface area contributed by atoms with Gasteiger partial charge in [0.15, 0.2) is 0 Å². The second-order valence-electron chi connectivity index (χ2n) is 4.30. The molecule has 5 heteroatoms. The summed E-state index contributed by atoms with van der Waals surface area (Å²) in [4.78, 5) is 34.6. The first-order valence-corrected chi connectivity index (χ1v) is 5.55. The first-order valence-electron chi connectivity index (χ1n) is 5.55. The minimum Gasteiger partial charge on any atom is -0.423 e. The number of carbonyl (C=O) groups excluding carboxylic acids is 3. The summed E-state index contributed by atoms with van der Waals surface area (Å²) in [6.45, 7) is 0. The van der Waals surface area contributed by atoms with Crippen LogP contribution in [0.1, 0.15) is 5.56 Å². The van der Waals surface area contributed by atoms with E-state index < -0.39 is 16.5 Å². The Hall–Kier alpha value is -2.27. The van der Waals surface area contributed by atoms with Crippen LogP contribution in [0.25, 0.3) is 6.08 Å². The summed E-state index contributed by atoms with van der Waals surface area (Å²) in [6.07, 6.45) is 2.21. The molecular formula is C14H15NO4+. The summed E-state index contributed by atoms with van der Waals surface area (Å²) < 4.78 is 3.83. The van der Waals surface area contributed by atoms with Gasteiger partial charge in [-0.2, -0.15) is 9.28 Å². The van der Waals surface area contributed by atoms with Crippen molar-refractivity contribution in [2.75, 3.05) is 21.2 Å². The average Bonchev–Trinajstić information content (AvgIpc) is 2.44. The number of nitrogens with zero attached hydrogens (tertiary/aromatic N) is 1. The van der Waals surface area contributed by atoms with Crippen LogP contribution in [0.15, 0.2) is 35.9 Å². The first-order chi connectivity index (χ1) is 8.93. The van der Waals surface area contributed by atoms with Crippen LogP contribution in [-0.2, 0) is 14.3 Å². The van der Waals surface area contributed by atoms with Gasteiger partial charge in [0.05, 0.1) is 21.2 Å². The third kappa shape index (κ3) is 3.35. The molecule has 99 valence electrons. The Balaban J connectivity index is 3.11. The molecule has 0 aliphatic rings. The lowest BCUT2D eigenvalue weighted by atomic mass is 10.1. The van der Waals surface area contributed by atoms with Gasteiger partial charge in [0.2, 0.25) is 6.29 Å². The van der Waals surface area contributed by atoms with Gasteiger partial charge in [-0.05, 0) is 11.6 Å². The van der Waals surface area contributed by atoms with Gasteiger partial charge in [-0.15, -0.1) is 0 Å². The highest BCUT2D eigenvalue weighted by Gasteiger charge is 2.39. The predicted molar refractivity (Wildman–Crippen MR) is 69.6 cm³/mol. The van der Waals surface area contributed by atoms with E-state index in [0.29, 0.717) is 5.56 Å². The summed E-state index contributed by atoms with van der Waals surface area (Å²) in [5.41, 5.74) is 0.473. The second kappa shape index (κ2) is 6.06. The largest absolute Gasteiger partial charge is 0.523 e. The van der Waals surface area contributed by atoms with Gasteiger partial charge in [0.25, 0.3) is 0 Å². The minimum absolute atomic E-state index is 0.207. The van der Waals surface area contributed by atoms with Crippen molar-refractivity contribution in [3.8, 4) is 0 Å². The molecule has 19 heavy (non-hydrogen) atoms. The van der Waals surface area contributed by atoms with E-state index in [1.54, 1.807) is 30.6 Å². The van der Waals surface area contributed by atoms with Crippen LogP contribution < -0.4 is 0 Å². The lowest BCUT2D eigenvalue weighted by molar-refractivity contribution is -0.735. The van der Waals surface area contributed by atoms with Crippen LogP contribution in [-0.4, -0.2) is 44.0 Å². The zero-order valence-electron chi connectivity index (χ0n) is 11.0. The SMILES string of the molecule is COC(=O)[N+](C)(C)C(=O)C([C]=O)=Cc1ccccc1. The predicted octanol–water partition coefficient (Wildman–Crippen LogP) is 1.55. The number of benzene rings is 1. The maximum Gasteiger partial charge on any atom is 0.523 e. The van der Waals surface area contributed by atoms with Gasteiger partial charge < -0.3 is 4.74 Å². The maximum absolute atomic E-state index is 12.1. The van der Waals surface area contributed by atoms with Crippen molar-refractivity contribution in [1.82, 2.24) is 0 Å². The number of imide groups is 1. The number of amides is 2. The zero-order chi connectivity index (χ0) is 14.5. The van der Waals surface area contributed by atoms with Gasteiger partial charge >= 0.3 is 12.0 Å². The van der Waals surface area contributed by atoms with Crippen molar-refractivity contribution in [2.45, 2.75) is 0 Å². The van der Waals surface area contributed by atoms with Crippen LogP contribution in [0, 0.1) is 0 Å². The topological polar surface area (TPSA) is 60.4 Å². The molecule has 0 saturated heterocycles. The van der Waals surface area contributed by atoms with E-state index in [0.717, 1.165) is 0 Å². The van der Waals surface area contributed by atoms with Crippen molar-refractivity contribution in [1.29, 1.82) is 0 Å². The van der Waals surface area contributed by atoms with Crippen LogP contribution in [0.4, 0.5) is 4.79 Å². The molecule has 0 heterocycles. The first kappa shape index (κ1) is 14.8. The monoisotopic (exact) mass is 261 g/mol. The van der Waals surface area contributed by atoms with Gasteiger partial charge in [0.1, 0.15) is 5.57 Å². The molecule has 0 aliphatic carbocycles. The number of rotatable bonds is 3. The van der Waals surface area contributed by atoms with E-state index in [4.69, 9.17) is 0 Å². The summed E-state index contributed by atoms with van der Waals surface area (Å²) in [5, 5.41) is 0. The van der Waals surface area contributed by atoms with E-state index in [9.17, 15) is 14.4 Å². The standard InChI is InChI=1S/C14H15NO4/c1-15(2,14(18)19-3)13(17)12(10-16)9-11-7-5-4-6-8-11/h4-9H,1-3H3/q+1. The van der Waals surface area contributed by atoms with Crippen molar-refractivity contribution in [3.63, 3.8) is 0 Å². The fraction of sp³-hybridized carbons (Fsp3) is 0.214. The van der Waals surface area contributed by atoms with Crippen LogP contribution >= 0.6 is 0 Å². The van der Waals surface area contributed by atoms with Crippen molar-refractivity contribution in [2.24, 2.45) is 0 Å².